The maximum Gasteiger partial charge on any atom is 0.360 e. The molecule has 5 rings (SSSR count). The number of nitrogens with zero attached hydrogens (tertiary/aromatic N) is 4. The molecule has 0 bridgehead atoms. The summed E-state index contributed by atoms with van der Waals surface area (Å²) in [6, 6.07) is 5.78. The summed E-state index contributed by atoms with van der Waals surface area (Å²) in [7, 11) is 0. The summed E-state index contributed by atoms with van der Waals surface area (Å²) in [5, 5.41) is 18.8. The van der Waals surface area contributed by atoms with Gasteiger partial charge in [0.1, 0.15) is 18.8 Å². The second-order valence-corrected chi connectivity index (χ2v) is 9.59. The molecule has 11 nitrogen and oxygen atoms in total. The van der Waals surface area contributed by atoms with E-state index >= 15 is 0 Å². The quantitative estimate of drug-likeness (QED) is 0.148. The van der Waals surface area contributed by atoms with Crippen LogP contribution in [0.25, 0.3) is 0 Å². The molecule has 1 aromatic carbocycles. The van der Waals surface area contributed by atoms with E-state index < -0.39 is 10.9 Å². The highest BCUT2D eigenvalue weighted by molar-refractivity contribution is 5.91. The van der Waals surface area contributed by atoms with Crippen molar-refractivity contribution >= 4 is 17.6 Å². The Kier molecular flexibility index (Phi) is 6.17. The minimum absolute atomic E-state index is 0.0339. The molecule has 2 saturated heterocycles. The van der Waals surface area contributed by atoms with E-state index in [0.717, 1.165) is 24.8 Å². The van der Waals surface area contributed by atoms with Crippen LogP contribution in [0.1, 0.15) is 48.7 Å². The summed E-state index contributed by atoms with van der Waals surface area (Å²) in [5.74, 6) is -1.07. The van der Waals surface area contributed by atoms with Gasteiger partial charge in [-0.15, -0.1) is 5.10 Å². The summed E-state index contributed by atoms with van der Waals surface area (Å²) >= 11 is 0. The van der Waals surface area contributed by atoms with Gasteiger partial charge in [0, 0.05) is 23.6 Å². The molecule has 4 atom stereocenters. The van der Waals surface area contributed by atoms with Gasteiger partial charge in [-0.05, 0) is 50.3 Å². The second kappa shape index (κ2) is 9.30. The average molecular weight is 495 g/mol. The summed E-state index contributed by atoms with van der Waals surface area (Å²) in [6.45, 7) is 6.40. The van der Waals surface area contributed by atoms with Crippen molar-refractivity contribution in [2.75, 3.05) is 0 Å². The number of ether oxygens (including phenoxy) is 3. The third kappa shape index (κ3) is 4.78. The van der Waals surface area contributed by atoms with Gasteiger partial charge in [0.25, 0.3) is 5.69 Å². The second-order valence-electron chi connectivity index (χ2n) is 9.59. The van der Waals surface area contributed by atoms with E-state index in [1.807, 2.05) is 6.92 Å². The highest BCUT2D eigenvalue weighted by Gasteiger charge is 2.61. The highest BCUT2D eigenvalue weighted by atomic mass is 16.6. The summed E-state index contributed by atoms with van der Waals surface area (Å²) in [5.41, 5.74) is 1.96. The number of benzene rings is 1. The van der Waals surface area contributed by atoms with Crippen LogP contribution in [0, 0.1) is 16.0 Å². The number of carbonyl (C=O) groups excluding carboxylic acids is 2. The molecule has 188 valence electrons. The van der Waals surface area contributed by atoms with Gasteiger partial charge >= 0.3 is 11.9 Å². The SMILES string of the molecule is C=C1C(=O)O[C@H]2[C@H]1CC/C(Cn1cc(C(=O)OCc3ccc([N+](=O)[O-])cc3)nn1)=C\CC[C@@]1(C)O[C@@H]21. The van der Waals surface area contributed by atoms with Gasteiger partial charge < -0.3 is 14.2 Å². The molecule has 2 aliphatic heterocycles. The minimum atomic E-state index is -0.634. The summed E-state index contributed by atoms with van der Waals surface area (Å²) in [4.78, 5) is 34.8. The number of esters is 2. The highest BCUT2D eigenvalue weighted by Crippen LogP contribution is 2.49. The lowest BCUT2D eigenvalue weighted by Gasteiger charge is -2.20. The predicted molar refractivity (Wildman–Crippen MR) is 125 cm³/mol. The van der Waals surface area contributed by atoms with Crippen LogP contribution in [0.2, 0.25) is 0 Å². The summed E-state index contributed by atoms with van der Waals surface area (Å²) < 4.78 is 18.4. The van der Waals surface area contributed by atoms with Crippen molar-refractivity contribution in [3.63, 3.8) is 0 Å². The van der Waals surface area contributed by atoms with Gasteiger partial charge in [0.2, 0.25) is 0 Å². The molecule has 3 aliphatic rings. The number of carbonyl (C=O) groups is 2. The van der Waals surface area contributed by atoms with Crippen molar-refractivity contribution in [3.8, 4) is 0 Å². The molecular weight excluding hydrogens is 468 g/mol. The Labute approximate surface area is 206 Å². The van der Waals surface area contributed by atoms with Gasteiger partial charge in [0.05, 0.1) is 23.3 Å². The van der Waals surface area contributed by atoms with Crippen molar-refractivity contribution in [3.05, 3.63) is 75.6 Å². The number of hydrogen-bond acceptors (Lipinski definition) is 9. The molecule has 1 aliphatic carbocycles. The van der Waals surface area contributed by atoms with Crippen molar-refractivity contribution in [1.82, 2.24) is 15.0 Å². The Morgan fingerprint density at radius 3 is 2.89 bits per heavy atom. The van der Waals surface area contributed by atoms with Gasteiger partial charge in [0.15, 0.2) is 5.69 Å². The fourth-order valence-electron chi connectivity index (χ4n) is 4.88. The number of non-ortho nitro benzene ring substituents is 1. The van der Waals surface area contributed by atoms with Crippen molar-refractivity contribution in [2.45, 2.75) is 63.6 Å². The Morgan fingerprint density at radius 1 is 1.36 bits per heavy atom. The van der Waals surface area contributed by atoms with Crippen LogP contribution >= 0.6 is 0 Å². The van der Waals surface area contributed by atoms with E-state index in [2.05, 4.69) is 23.0 Å². The fraction of sp³-hybridized carbons (Fsp3) is 0.440. The van der Waals surface area contributed by atoms with E-state index in [-0.39, 0.29) is 47.7 Å². The minimum Gasteiger partial charge on any atom is -0.456 e. The zero-order valence-corrected chi connectivity index (χ0v) is 19.8. The number of hydrogen-bond donors (Lipinski definition) is 0. The van der Waals surface area contributed by atoms with E-state index in [1.165, 1.54) is 30.5 Å². The smallest absolute Gasteiger partial charge is 0.360 e. The number of rotatable bonds is 6. The lowest BCUT2D eigenvalue weighted by atomic mass is 9.84. The maximum absolute atomic E-state index is 12.4. The van der Waals surface area contributed by atoms with Crippen molar-refractivity contribution in [1.29, 1.82) is 0 Å². The van der Waals surface area contributed by atoms with Gasteiger partial charge in [-0.25, -0.2) is 14.3 Å². The van der Waals surface area contributed by atoms with Crippen LogP contribution in [0.5, 0.6) is 0 Å². The average Bonchev–Trinajstić information content (AvgIpc) is 3.16. The maximum atomic E-state index is 12.4. The molecule has 1 aromatic heterocycles. The zero-order chi connectivity index (χ0) is 25.4. The van der Waals surface area contributed by atoms with Gasteiger partial charge in [-0.1, -0.05) is 23.4 Å². The topological polar surface area (TPSA) is 139 Å². The van der Waals surface area contributed by atoms with Crippen molar-refractivity contribution < 1.29 is 28.7 Å². The molecule has 3 heterocycles. The molecule has 36 heavy (non-hydrogen) atoms. The van der Waals surface area contributed by atoms with Gasteiger partial charge in [-0.3, -0.25) is 10.1 Å². The lowest BCUT2D eigenvalue weighted by Crippen LogP contribution is -2.29. The van der Waals surface area contributed by atoms with E-state index in [0.29, 0.717) is 24.1 Å². The molecule has 0 radical (unpaired) electrons. The van der Waals surface area contributed by atoms with Crippen LogP contribution in [0.4, 0.5) is 5.69 Å². The number of fused-ring (bicyclic) bond motifs is 3. The third-order valence-corrected chi connectivity index (χ3v) is 7.07. The van der Waals surface area contributed by atoms with Crippen molar-refractivity contribution in [2.24, 2.45) is 5.92 Å². The van der Waals surface area contributed by atoms with Crippen LogP contribution < -0.4 is 0 Å². The van der Waals surface area contributed by atoms with Crippen LogP contribution in [0.15, 0.2) is 54.3 Å². The van der Waals surface area contributed by atoms with Crippen LogP contribution in [-0.4, -0.2) is 49.7 Å². The number of nitro groups is 1. The molecular formula is C25H26N4O7. The van der Waals surface area contributed by atoms with E-state index in [9.17, 15) is 19.7 Å². The number of allylic oxidation sites excluding steroid dienone is 2. The molecule has 2 fully saturated rings. The Bertz CT molecular complexity index is 1250. The molecule has 0 unspecified atom stereocenters. The Hall–Kier alpha value is -3.86. The Morgan fingerprint density at radius 2 is 2.14 bits per heavy atom. The number of nitro benzene ring substituents is 1. The van der Waals surface area contributed by atoms with Crippen LogP contribution in [-0.2, 0) is 32.2 Å². The largest absolute Gasteiger partial charge is 0.456 e. The van der Waals surface area contributed by atoms with Gasteiger partial charge in [-0.2, -0.15) is 0 Å². The molecule has 11 heteroatoms. The first-order chi connectivity index (χ1) is 17.2. The monoisotopic (exact) mass is 494 g/mol. The summed E-state index contributed by atoms with van der Waals surface area (Å²) in [6.07, 6.45) is 6.37. The standard InChI is InChI=1S/C25H26N4O7/c1-15-19-10-7-16(4-3-11-25(2)22(36-25)21(19)35-23(15)30)12-28-13-20(26-27-28)24(31)34-14-17-5-8-18(9-6-17)29(32)33/h4-6,8-9,13,19,21-22H,1,3,7,10-12,14H2,2H3/b16-4+/t19-,21-,22-,25+/m0/s1. The lowest BCUT2D eigenvalue weighted by molar-refractivity contribution is -0.384. The van der Waals surface area contributed by atoms with E-state index in [4.69, 9.17) is 14.2 Å². The molecule has 0 amide bonds. The number of aromatic nitrogens is 3. The number of epoxide rings is 1. The molecule has 0 spiro atoms. The zero-order valence-electron chi connectivity index (χ0n) is 19.8. The predicted octanol–water partition coefficient (Wildman–Crippen LogP) is 3.30. The third-order valence-electron chi connectivity index (χ3n) is 7.07. The molecule has 2 aromatic rings. The Balaban J connectivity index is 1.21. The first kappa shape index (κ1) is 23.9. The van der Waals surface area contributed by atoms with Crippen LogP contribution in [0.3, 0.4) is 0 Å². The van der Waals surface area contributed by atoms with E-state index in [1.54, 1.807) is 4.68 Å². The molecule has 0 N–H and O–H groups in total. The molecule has 0 saturated carbocycles. The first-order valence-corrected chi connectivity index (χ1v) is 11.8. The normalized spacial score (nSPS) is 28.8. The fourth-order valence-corrected chi connectivity index (χ4v) is 4.88. The first-order valence-electron chi connectivity index (χ1n) is 11.8.